The zero-order chi connectivity index (χ0) is 19.5. The fourth-order valence-corrected chi connectivity index (χ4v) is 4.01. The number of hydrogen-bond donors (Lipinski definition) is 0. The SMILES string of the molecule is COC(=O)C1CCC(N(C(=O)C(Cl)c2ccccc2F)C(C)(C)C)CC1. The third-order valence-electron chi connectivity index (χ3n) is 4.95. The Morgan fingerprint density at radius 3 is 2.27 bits per heavy atom. The van der Waals surface area contributed by atoms with Gasteiger partial charge in [0, 0.05) is 17.1 Å². The standard InChI is InChI=1S/C20H27ClFNO3/c1-20(2,3)23(14-11-9-13(10-12-14)19(25)26-4)18(24)17(21)15-7-5-6-8-16(15)22/h5-8,13-14,17H,9-12H2,1-4H3. The van der Waals surface area contributed by atoms with Gasteiger partial charge in [0.2, 0.25) is 5.91 Å². The van der Waals surface area contributed by atoms with Gasteiger partial charge in [-0.1, -0.05) is 18.2 Å². The van der Waals surface area contributed by atoms with Crippen molar-refractivity contribution in [3.63, 3.8) is 0 Å². The predicted molar refractivity (Wildman–Crippen MR) is 99.4 cm³/mol. The molecular formula is C20H27ClFNO3. The highest BCUT2D eigenvalue weighted by Crippen LogP contribution is 2.35. The molecule has 2 rings (SSSR count). The molecule has 0 bridgehead atoms. The van der Waals surface area contributed by atoms with E-state index in [1.54, 1.807) is 23.1 Å². The number of esters is 1. The maximum Gasteiger partial charge on any atom is 0.308 e. The van der Waals surface area contributed by atoms with Crippen LogP contribution >= 0.6 is 11.6 Å². The fraction of sp³-hybridized carbons (Fsp3) is 0.600. The summed E-state index contributed by atoms with van der Waals surface area (Å²) in [5, 5.41) is -1.08. The van der Waals surface area contributed by atoms with Gasteiger partial charge < -0.3 is 9.64 Å². The molecule has 1 aliphatic rings. The first-order chi connectivity index (χ1) is 12.2. The van der Waals surface area contributed by atoms with E-state index in [9.17, 15) is 14.0 Å². The van der Waals surface area contributed by atoms with Gasteiger partial charge in [0.1, 0.15) is 11.2 Å². The number of hydrogen-bond acceptors (Lipinski definition) is 3. The van der Waals surface area contributed by atoms with Gasteiger partial charge in [-0.05, 0) is 52.5 Å². The maximum atomic E-state index is 14.1. The molecule has 0 saturated heterocycles. The average Bonchev–Trinajstić information content (AvgIpc) is 2.60. The minimum Gasteiger partial charge on any atom is -0.469 e. The smallest absolute Gasteiger partial charge is 0.308 e. The van der Waals surface area contributed by atoms with Crippen molar-refractivity contribution < 1.29 is 18.7 Å². The number of benzene rings is 1. The van der Waals surface area contributed by atoms with Gasteiger partial charge >= 0.3 is 5.97 Å². The second-order valence-electron chi connectivity index (χ2n) is 7.79. The first-order valence-electron chi connectivity index (χ1n) is 8.96. The van der Waals surface area contributed by atoms with E-state index in [1.165, 1.54) is 13.2 Å². The fourth-order valence-electron chi connectivity index (χ4n) is 3.73. The minimum atomic E-state index is -1.08. The third-order valence-corrected chi connectivity index (χ3v) is 5.37. The van der Waals surface area contributed by atoms with Gasteiger partial charge in [0.25, 0.3) is 0 Å². The molecule has 1 fully saturated rings. The molecule has 1 amide bonds. The van der Waals surface area contributed by atoms with Gasteiger partial charge in [0.05, 0.1) is 13.0 Å². The molecule has 144 valence electrons. The second-order valence-corrected chi connectivity index (χ2v) is 8.23. The Morgan fingerprint density at radius 1 is 1.19 bits per heavy atom. The number of carbonyl (C=O) groups is 2. The van der Waals surface area contributed by atoms with Crippen molar-refractivity contribution in [2.75, 3.05) is 7.11 Å². The van der Waals surface area contributed by atoms with Crippen LogP contribution in [-0.2, 0) is 14.3 Å². The molecule has 0 heterocycles. The summed E-state index contributed by atoms with van der Waals surface area (Å²) < 4.78 is 18.9. The topological polar surface area (TPSA) is 46.6 Å². The maximum absolute atomic E-state index is 14.1. The number of carbonyl (C=O) groups excluding carboxylic acids is 2. The summed E-state index contributed by atoms with van der Waals surface area (Å²) in [5.41, 5.74) is -0.269. The van der Waals surface area contributed by atoms with E-state index < -0.39 is 16.7 Å². The molecule has 26 heavy (non-hydrogen) atoms. The van der Waals surface area contributed by atoms with Crippen molar-refractivity contribution in [1.29, 1.82) is 0 Å². The molecule has 1 aliphatic carbocycles. The molecule has 6 heteroatoms. The van der Waals surface area contributed by atoms with Crippen molar-refractivity contribution >= 4 is 23.5 Å². The van der Waals surface area contributed by atoms with Crippen LogP contribution in [0.5, 0.6) is 0 Å². The summed E-state index contributed by atoms with van der Waals surface area (Å²) >= 11 is 6.38. The Hall–Kier alpha value is -1.62. The Labute approximate surface area is 159 Å². The molecule has 0 radical (unpaired) electrons. The Kier molecular flexibility index (Phi) is 6.67. The van der Waals surface area contributed by atoms with Crippen LogP contribution in [-0.4, -0.2) is 35.5 Å². The summed E-state index contributed by atoms with van der Waals surface area (Å²) in [6.45, 7) is 5.84. The van der Waals surface area contributed by atoms with E-state index in [0.29, 0.717) is 25.7 Å². The van der Waals surface area contributed by atoms with Gasteiger partial charge in [0.15, 0.2) is 0 Å². The third kappa shape index (κ3) is 4.56. The summed E-state index contributed by atoms with van der Waals surface area (Å²) in [5.74, 6) is -1.10. The molecule has 0 N–H and O–H groups in total. The lowest BCUT2D eigenvalue weighted by atomic mass is 9.83. The number of nitrogens with zero attached hydrogens (tertiary/aromatic N) is 1. The number of halogens is 2. The minimum absolute atomic E-state index is 0.0311. The summed E-state index contributed by atoms with van der Waals surface area (Å²) in [6, 6.07) is 6.06. The highest BCUT2D eigenvalue weighted by molar-refractivity contribution is 6.30. The second kappa shape index (κ2) is 8.38. The first kappa shape index (κ1) is 20.7. The zero-order valence-electron chi connectivity index (χ0n) is 15.8. The Bertz CT molecular complexity index is 651. The van der Waals surface area contributed by atoms with Crippen LogP contribution in [0.3, 0.4) is 0 Å². The van der Waals surface area contributed by atoms with Crippen LogP contribution in [0.4, 0.5) is 4.39 Å². The van der Waals surface area contributed by atoms with Crippen LogP contribution in [0.15, 0.2) is 24.3 Å². The number of rotatable bonds is 4. The molecule has 4 nitrogen and oxygen atoms in total. The van der Waals surface area contributed by atoms with Crippen LogP contribution in [0.25, 0.3) is 0 Å². The van der Waals surface area contributed by atoms with E-state index in [1.807, 2.05) is 20.8 Å². The zero-order valence-corrected chi connectivity index (χ0v) is 16.6. The monoisotopic (exact) mass is 383 g/mol. The number of ether oxygens (including phenoxy) is 1. The van der Waals surface area contributed by atoms with Gasteiger partial charge in [-0.15, -0.1) is 11.6 Å². The molecule has 1 aromatic rings. The van der Waals surface area contributed by atoms with Gasteiger partial charge in [-0.25, -0.2) is 4.39 Å². The van der Waals surface area contributed by atoms with Crippen LogP contribution in [0.1, 0.15) is 57.4 Å². The normalized spacial score (nSPS) is 21.8. The number of methoxy groups -OCH3 is 1. The summed E-state index contributed by atoms with van der Waals surface area (Å²) in [4.78, 5) is 26.7. The molecule has 0 aliphatic heterocycles. The molecule has 1 saturated carbocycles. The average molecular weight is 384 g/mol. The van der Waals surface area contributed by atoms with Crippen molar-refractivity contribution in [1.82, 2.24) is 4.90 Å². The predicted octanol–water partition coefficient (Wildman–Crippen LogP) is 4.46. The van der Waals surface area contributed by atoms with Crippen molar-refractivity contribution in [3.8, 4) is 0 Å². The molecule has 0 aromatic heterocycles. The Morgan fingerprint density at radius 2 is 1.77 bits per heavy atom. The molecule has 1 atom stereocenters. The van der Waals surface area contributed by atoms with E-state index in [2.05, 4.69) is 0 Å². The van der Waals surface area contributed by atoms with Crippen molar-refractivity contribution in [2.45, 2.75) is 63.4 Å². The molecule has 0 spiro atoms. The summed E-state index contributed by atoms with van der Waals surface area (Å²) in [6.07, 6.45) is 2.74. The number of amides is 1. The number of alkyl halides is 1. The van der Waals surface area contributed by atoms with Gasteiger partial charge in [-0.2, -0.15) is 0 Å². The summed E-state index contributed by atoms with van der Waals surface area (Å²) in [7, 11) is 1.39. The highest BCUT2D eigenvalue weighted by Gasteiger charge is 2.40. The van der Waals surface area contributed by atoms with Crippen LogP contribution < -0.4 is 0 Å². The lowest BCUT2D eigenvalue weighted by Crippen LogP contribution is -2.54. The Balaban J connectivity index is 2.19. The molecule has 1 aromatic carbocycles. The highest BCUT2D eigenvalue weighted by atomic mass is 35.5. The lowest BCUT2D eigenvalue weighted by Gasteiger charge is -2.45. The molecular weight excluding hydrogens is 357 g/mol. The van der Waals surface area contributed by atoms with Crippen molar-refractivity contribution in [2.24, 2.45) is 5.92 Å². The van der Waals surface area contributed by atoms with Gasteiger partial charge in [-0.3, -0.25) is 9.59 Å². The lowest BCUT2D eigenvalue weighted by molar-refractivity contribution is -0.148. The quantitative estimate of drug-likeness (QED) is 0.569. The van der Waals surface area contributed by atoms with Crippen LogP contribution in [0.2, 0.25) is 0 Å². The first-order valence-corrected chi connectivity index (χ1v) is 9.40. The largest absolute Gasteiger partial charge is 0.469 e. The molecule has 1 unspecified atom stereocenters. The van der Waals surface area contributed by atoms with E-state index in [-0.39, 0.29) is 29.4 Å². The van der Waals surface area contributed by atoms with E-state index in [0.717, 1.165) is 0 Å². The van der Waals surface area contributed by atoms with E-state index >= 15 is 0 Å². The van der Waals surface area contributed by atoms with Crippen molar-refractivity contribution in [3.05, 3.63) is 35.6 Å². The van der Waals surface area contributed by atoms with E-state index in [4.69, 9.17) is 16.3 Å². The van der Waals surface area contributed by atoms with Crippen LogP contribution in [0, 0.1) is 11.7 Å².